The highest BCUT2D eigenvalue weighted by atomic mass is 16.5. The van der Waals surface area contributed by atoms with E-state index < -0.39 is 5.97 Å². The Morgan fingerprint density at radius 3 is 3.00 bits per heavy atom. The number of aromatic carboxylic acids is 1. The van der Waals surface area contributed by atoms with Crippen LogP contribution in [0, 0.1) is 0 Å². The summed E-state index contributed by atoms with van der Waals surface area (Å²) in [4.78, 5) is 14.8. The van der Waals surface area contributed by atoms with Crippen molar-refractivity contribution in [2.45, 2.75) is 26.3 Å². The van der Waals surface area contributed by atoms with Crippen LogP contribution in [0.4, 0.5) is 0 Å². The average Bonchev–Trinajstić information content (AvgIpc) is 2.90. The van der Waals surface area contributed by atoms with Gasteiger partial charge in [0.05, 0.1) is 5.69 Å². The average molecular weight is 237 g/mol. The molecule has 0 spiro atoms. The number of hydrogen-bond donors (Lipinski definition) is 1. The highest BCUT2D eigenvalue weighted by Gasteiger charge is 2.19. The zero-order valence-electron chi connectivity index (χ0n) is 9.20. The Morgan fingerprint density at radius 2 is 2.41 bits per heavy atom. The molecule has 0 amide bonds. The first-order valence-electron chi connectivity index (χ1n) is 5.13. The van der Waals surface area contributed by atoms with Crippen molar-refractivity contribution >= 4 is 5.97 Å². The Morgan fingerprint density at radius 1 is 1.59 bits per heavy atom. The zero-order chi connectivity index (χ0) is 12.3. The molecule has 0 unspecified atom stereocenters. The molecule has 0 aliphatic carbocycles. The van der Waals surface area contributed by atoms with Crippen molar-refractivity contribution in [1.29, 1.82) is 0 Å². The van der Waals surface area contributed by atoms with Crippen LogP contribution in [0.25, 0.3) is 0 Å². The van der Waals surface area contributed by atoms with Crippen molar-refractivity contribution in [3.8, 4) is 0 Å². The fourth-order valence-electron chi connectivity index (χ4n) is 1.50. The molecule has 0 atom stereocenters. The van der Waals surface area contributed by atoms with E-state index in [0.29, 0.717) is 18.0 Å². The molecular formula is C9H11N5O3. The molecule has 0 aromatic carbocycles. The SMILES string of the molecule is CCCc1c(C(=O)O)nnn1Cc1ncno1. The van der Waals surface area contributed by atoms with Crippen LogP contribution < -0.4 is 0 Å². The fourth-order valence-corrected chi connectivity index (χ4v) is 1.50. The first-order valence-corrected chi connectivity index (χ1v) is 5.13. The minimum absolute atomic E-state index is 0.0219. The predicted molar refractivity (Wildman–Crippen MR) is 54.4 cm³/mol. The molecule has 8 nitrogen and oxygen atoms in total. The van der Waals surface area contributed by atoms with Gasteiger partial charge in [0.2, 0.25) is 5.89 Å². The molecule has 0 aliphatic rings. The maximum absolute atomic E-state index is 10.9. The third-order valence-corrected chi connectivity index (χ3v) is 2.22. The molecule has 2 heterocycles. The first-order chi connectivity index (χ1) is 8.22. The molecule has 2 aromatic heterocycles. The maximum atomic E-state index is 10.9. The minimum atomic E-state index is -1.08. The second-order valence-corrected chi connectivity index (χ2v) is 3.43. The van der Waals surface area contributed by atoms with E-state index in [1.807, 2.05) is 6.92 Å². The second-order valence-electron chi connectivity index (χ2n) is 3.43. The van der Waals surface area contributed by atoms with E-state index >= 15 is 0 Å². The number of hydrogen-bond acceptors (Lipinski definition) is 6. The lowest BCUT2D eigenvalue weighted by Crippen LogP contribution is -2.09. The molecule has 1 N–H and O–H groups in total. The van der Waals surface area contributed by atoms with Crippen LogP contribution in [0.2, 0.25) is 0 Å². The Kier molecular flexibility index (Phi) is 3.12. The lowest BCUT2D eigenvalue weighted by Gasteiger charge is -2.02. The Bertz CT molecular complexity index is 505. The summed E-state index contributed by atoms with van der Waals surface area (Å²) in [5.41, 5.74) is 0.546. The summed E-state index contributed by atoms with van der Waals surface area (Å²) in [5, 5.41) is 19.9. The smallest absolute Gasteiger partial charge is 0.358 e. The van der Waals surface area contributed by atoms with Gasteiger partial charge in [-0.15, -0.1) is 5.10 Å². The number of carbonyl (C=O) groups is 1. The van der Waals surface area contributed by atoms with Crippen LogP contribution in [-0.2, 0) is 13.0 Å². The van der Waals surface area contributed by atoms with Gasteiger partial charge in [0.25, 0.3) is 0 Å². The first kappa shape index (κ1) is 11.2. The van der Waals surface area contributed by atoms with Crippen LogP contribution >= 0.6 is 0 Å². The fraction of sp³-hybridized carbons (Fsp3) is 0.444. The van der Waals surface area contributed by atoms with Crippen molar-refractivity contribution in [1.82, 2.24) is 25.1 Å². The quantitative estimate of drug-likeness (QED) is 0.799. The van der Waals surface area contributed by atoms with E-state index in [-0.39, 0.29) is 12.2 Å². The van der Waals surface area contributed by atoms with Crippen LogP contribution in [0.1, 0.15) is 35.4 Å². The lowest BCUT2D eigenvalue weighted by atomic mass is 10.2. The summed E-state index contributed by atoms with van der Waals surface area (Å²) in [6.07, 6.45) is 2.67. The van der Waals surface area contributed by atoms with Gasteiger partial charge in [-0.05, 0) is 6.42 Å². The second kappa shape index (κ2) is 4.73. The molecule has 0 fully saturated rings. The molecule has 0 bridgehead atoms. The van der Waals surface area contributed by atoms with Crippen LogP contribution in [-0.4, -0.2) is 36.2 Å². The van der Waals surface area contributed by atoms with E-state index in [0.717, 1.165) is 6.42 Å². The van der Waals surface area contributed by atoms with E-state index in [1.54, 1.807) is 0 Å². The molecular weight excluding hydrogens is 226 g/mol. The Labute approximate surface area is 96.2 Å². The summed E-state index contributed by atoms with van der Waals surface area (Å²) < 4.78 is 6.32. The zero-order valence-corrected chi connectivity index (χ0v) is 9.20. The standard InChI is InChI=1S/C9H11N5O3/c1-2-3-6-8(9(15)16)12-13-14(6)4-7-10-5-11-17-7/h5H,2-4H2,1H3,(H,15,16). The van der Waals surface area contributed by atoms with Crippen LogP contribution in [0.5, 0.6) is 0 Å². The van der Waals surface area contributed by atoms with E-state index in [2.05, 4.69) is 20.5 Å². The summed E-state index contributed by atoms with van der Waals surface area (Å²) in [6, 6.07) is 0. The third-order valence-electron chi connectivity index (χ3n) is 2.22. The number of rotatable bonds is 5. The van der Waals surface area contributed by atoms with Gasteiger partial charge in [-0.25, -0.2) is 9.48 Å². The van der Waals surface area contributed by atoms with E-state index in [9.17, 15) is 4.79 Å². The van der Waals surface area contributed by atoms with Crippen molar-refractivity contribution in [2.75, 3.05) is 0 Å². The number of carboxylic acids is 1. The summed E-state index contributed by atoms with van der Waals surface area (Å²) in [5.74, 6) is -0.713. The van der Waals surface area contributed by atoms with Crippen molar-refractivity contribution in [2.24, 2.45) is 0 Å². The molecule has 0 aliphatic heterocycles. The molecule has 2 aromatic rings. The summed E-state index contributed by atoms with van der Waals surface area (Å²) in [7, 11) is 0. The van der Waals surface area contributed by atoms with Gasteiger partial charge in [-0.1, -0.05) is 23.7 Å². The monoisotopic (exact) mass is 237 g/mol. The predicted octanol–water partition coefficient (Wildman–Crippen LogP) is 0.360. The van der Waals surface area contributed by atoms with Gasteiger partial charge in [-0.2, -0.15) is 4.98 Å². The number of aromatic nitrogens is 5. The molecule has 0 saturated carbocycles. The minimum Gasteiger partial charge on any atom is -0.476 e. The van der Waals surface area contributed by atoms with Crippen molar-refractivity contribution in [3.63, 3.8) is 0 Å². The van der Waals surface area contributed by atoms with Gasteiger partial charge in [0, 0.05) is 0 Å². The normalized spacial score (nSPS) is 10.6. The van der Waals surface area contributed by atoms with E-state index in [1.165, 1.54) is 11.0 Å². The van der Waals surface area contributed by atoms with Crippen LogP contribution in [0.3, 0.4) is 0 Å². The molecule has 0 saturated heterocycles. The Hall–Kier alpha value is -2.25. The van der Waals surface area contributed by atoms with Crippen molar-refractivity contribution < 1.29 is 14.4 Å². The molecule has 90 valence electrons. The van der Waals surface area contributed by atoms with Gasteiger partial charge in [0.15, 0.2) is 12.0 Å². The van der Waals surface area contributed by atoms with Crippen LogP contribution in [0.15, 0.2) is 10.9 Å². The van der Waals surface area contributed by atoms with Gasteiger partial charge in [0.1, 0.15) is 6.54 Å². The number of carboxylic acid groups (broad SMARTS) is 1. The molecule has 17 heavy (non-hydrogen) atoms. The third kappa shape index (κ3) is 2.30. The van der Waals surface area contributed by atoms with Crippen molar-refractivity contribution in [3.05, 3.63) is 23.6 Å². The highest BCUT2D eigenvalue weighted by Crippen LogP contribution is 2.10. The summed E-state index contributed by atoms with van der Waals surface area (Å²) in [6.45, 7) is 2.19. The topological polar surface area (TPSA) is 107 Å². The summed E-state index contributed by atoms with van der Waals surface area (Å²) >= 11 is 0. The lowest BCUT2D eigenvalue weighted by molar-refractivity contribution is 0.0689. The van der Waals surface area contributed by atoms with Gasteiger partial charge in [-0.3, -0.25) is 0 Å². The number of nitrogens with zero attached hydrogens (tertiary/aromatic N) is 5. The molecule has 0 radical (unpaired) electrons. The highest BCUT2D eigenvalue weighted by molar-refractivity contribution is 5.86. The van der Waals surface area contributed by atoms with Gasteiger partial charge < -0.3 is 9.63 Å². The molecule has 8 heteroatoms. The molecule has 2 rings (SSSR count). The van der Waals surface area contributed by atoms with Gasteiger partial charge >= 0.3 is 5.97 Å². The van der Waals surface area contributed by atoms with E-state index in [4.69, 9.17) is 9.63 Å². The largest absolute Gasteiger partial charge is 0.476 e. The Balaban J connectivity index is 2.30. The maximum Gasteiger partial charge on any atom is 0.358 e.